The lowest BCUT2D eigenvalue weighted by atomic mass is 10.2. The maximum atomic E-state index is 11.9. The van der Waals surface area contributed by atoms with Gasteiger partial charge in [-0.25, -0.2) is 0 Å². The SMILES string of the molecule is O=C(NCCCNC1CCCC1)c1cccc(Br)c1. The number of hydrogen-bond donors (Lipinski definition) is 2. The fourth-order valence-corrected chi connectivity index (χ4v) is 2.86. The number of benzene rings is 1. The van der Waals surface area contributed by atoms with Crippen LogP contribution in [0.15, 0.2) is 28.7 Å². The molecule has 0 atom stereocenters. The second-order valence-electron chi connectivity index (χ2n) is 5.06. The second-order valence-corrected chi connectivity index (χ2v) is 5.97. The first-order chi connectivity index (χ1) is 9.25. The van der Waals surface area contributed by atoms with Crippen LogP contribution in [0.25, 0.3) is 0 Å². The summed E-state index contributed by atoms with van der Waals surface area (Å²) in [6.07, 6.45) is 6.32. The predicted molar refractivity (Wildman–Crippen MR) is 81.4 cm³/mol. The van der Waals surface area contributed by atoms with Crippen LogP contribution < -0.4 is 10.6 Å². The second kappa shape index (κ2) is 7.65. The smallest absolute Gasteiger partial charge is 0.251 e. The van der Waals surface area contributed by atoms with E-state index in [0.29, 0.717) is 11.6 Å². The van der Waals surface area contributed by atoms with Gasteiger partial charge in [-0.15, -0.1) is 0 Å². The Bertz CT molecular complexity index is 416. The third kappa shape index (κ3) is 4.96. The van der Waals surface area contributed by atoms with Crippen molar-refractivity contribution in [1.29, 1.82) is 0 Å². The van der Waals surface area contributed by atoms with E-state index in [4.69, 9.17) is 0 Å². The molecule has 19 heavy (non-hydrogen) atoms. The van der Waals surface area contributed by atoms with E-state index in [1.54, 1.807) is 0 Å². The van der Waals surface area contributed by atoms with Crippen LogP contribution in [0.1, 0.15) is 42.5 Å². The van der Waals surface area contributed by atoms with Crippen LogP contribution in [0, 0.1) is 0 Å². The zero-order chi connectivity index (χ0) is 13.5. The zero-order valence-corrected chi connectivity index (χ0v) is 12.7. The number of amides is 1. The van der Waals surface area contributed by atoms with Crippen molar-refractivity contribution >= 4 is 21.8 Å². The highest BCUT2D eigenvalue weighted by molar-refractivity contribution is 9.10. The van der Waals surface area contributed by atoms with Crippen molar-refractivity contribution in [3.63, 3.8) is 0 Å². The van der Waals surface area contributed by atoms with Crippen LogP contribution in [-0.4, -0.2) is 25.0 Å². The molecule has 2 rings (SSSR count). The highest BCUT2D eigenvalue weighted by atomic mass is 79.9. The summed E-state index contributed by atoms with van der Waals surface area (Å²) in [7, 11) is 0. The lowest BCUT2D eigenvalue weighted by molar-refractivity contribution is 0.0953. The van der Waals surface area contributed by atoms with E-state index in [-0.39, 0.29) is 5.91 Å². The Morgan fingerprint density at radius 2 is 2.05 bits per heavy atom. The Kier molecular flexibility index (Phi) is 5.86. The van der Waals surface area contributed by atoms with Gasteiger partial charge in [0.05, 0.1) is 0 Å². The Labute approximate surface area is 123 Å². The lowest BCUT2D eigenvalue weighted by Gasteiger charge is -2.11. The number of carbonyl (C=O) groups is 1. The summed E-state index contributed by atoms with van der Waals surface area (Å²) in [5, 5.41) is 6.50. The molecule has 0 spiro atoms. The molecule has 0 bridgehead atoms. The van der Waals surface area contributed by atoms with Gasteiger partial charge in [0.25, 0.3) is 5.91 Å². The van der Waals surface area contributed by atoms with E-state index < -0.39 is 0 Å². The van der Waals surface area contributed by atoms with Gasteiger partial charge in [-0.2, -0.15) is 0 Å². The molecule has 2 N–H and O–H groups in total. The molecule has 1 amide bonds. The lowest BCUT2D eigenvalue weighted by Crippen LogP contribution is -2.31. The molecule has 3 nitrogen and oxygen atoms in total. The Morgan fingerprint density at radius 3 is 2.79 bits per heavy atom. The number of halogens is 1. The first kappa shape index (κ1) is 14.5. The predicted octanol–water partition coefficient (Wildman–Crippen LogP) is 3.10. The minimum atomic E-state index is 0.00201. The molecule has 0 aliphatic heterocycles. The number of carbonyl (C=O) groups excluding carboxylic acids is 1. The van der Waals surface area contributed by atoms with E-state index in [9.17, 15) is 4.79 Å². The van der Waals surface area contributed by atoms with Crippen molar-refractivity contribution in [2.75, 3.05) is 13.1 Å². The van der Waals surface area contributed by atoms with E-state index in [0.717, 1.165) is 24.0 Å². The molecule has 1 fully saturated rings. The summed E-state index contributed by atoms with van der Waals surface area (Å²) in [5.74, 6) is 0.00201. The molecule has 1 aromatic rings. The van der Waals surface area contributed by atoms with Gasteiger partial charge in [0.2, 0.25) is 0 Å². The van der Waals surface area contributed by atoms with E-state index >= 15 is 0 Å². The molecule has 0 aromatic heterocycles. The highest BCUT2D eigenvalue weighted by Crippen LogP contribution is 2.17. The van der Waals surface area contributed by atoms with Crippen molar-refractivity contribution in [3.05, 3.63) is 34.3 Å². The summed E-state index contributed by atoms with van der Waals surface area (Å²) < 4.78 is 0.933. The summed E-state index contributed by atoms with van der Waals surface area (Å²) in [4.78, 5) is 11.9. The van der Waals surface area contributed by atoms with Gasteiger partial charge in [0.15, 0.2) is 0 Å². The summed E-state index contributed by atoms with van der Waals surface area (Å²) in [6.45, 7) is 1.72. The van der Waals surface area contributed by atoms with E-state index in [2.05, 4.69) is 26.6 Å². The summed E-state index contributed by atoms with van der Waals surface area (Å²) >= 11 is 3.37. The van der Waals surface area contributed by atoms with Gasteiger partial charge < -0.3 is 10.6 Å². The van der Waals surface area contributed by atoms with Gasteiger partial charge in [0, 0.05) is 22.6 Å². The summed E-state index contributed by atoms with van der Waals surface area (Å²) in [6, 6.07) is 8.17. The Hall–Kier alpha value is -0.870. The maximum Gasteiger partial charge on any atom is 0.251 e. The molecular formula is C15H21BrN2O. The summed E-state index contributed by atoms with van der Waals surface area (Å²) in [5.41, 5.74) is 0.707. The minimum Gasteiger partial charge on any atom is -0.352 e. The average Bonchev–Trinajstić information content (AvgIpc) is 2.91. The van der Waals surface area contributed by atoms with Crippen LogP contribution in [0.3, 0.4) is 0 Å². The first-order valence-electron chi connectivity index (χ1n) is 7.03. The monoisotopic (exact) mass is 324 g/mol. The number of hydrogen-bond acceptors (Lipinski definition) is 2. The van der Waals surface area contributed by atoms with Crippen LogP contribution in [0.2, 0.25) is 0 Å². The highest BCUT2D eigenvalue weighted by Gasteiger charge is 2.13. The fraction of sp³-hybridized carbons (Fsp3) is 0.533. The average molecular weight is 325 g/mol. The van der Waals surface area contributed by atoms with Crippen LogP contribution in [-0.2, 0) is 0 Å². The van der Waals surface area contributed by atoms with Crippen molar-refractivity contribution in [3.8, 4) is 0 Å². The molecule has 1 aromatic carbocycles. The molecule has 104 valence electrons. The molecule has 0 saturated heterocycles. The molecule has 1 aliphatic carbocycles. The normalized spacial score (nSPS) is 15.6. The van der Waals surface area contributed by atoms with Crippen LogP contribution in [0.5, 0.6) is 0 Å². The molecule has 4 heteroatoms. The quantitative estimate of drug-likeness (QED) is 0.789. The first-order valence-corrected chi connectivity index (χ1v) is 7.82. The van der Waals surface area contributed by atoms with Gasteiger partial charge in [-0.1, -0.05) is 34.8 Å². The number of rotatable bonds is 6. The molecular weight excluding hydrogens is 304 g/mol. The molecule has 1 saturated carbocycles. The largest absolute Gasteiger partial charge is 0.352 e. The van der Waals surface area contributed by atoms with Crippen LogP contribution in [0.4, 0.5) is 0 Å². The van der Waals surface area contributed by atoms with E-state index in [1.807, 2.05) is 24.3 Å². The Balaban J connectivity index is 1.61. The van der Waals surface area contributed by atoms with Crippen LogP contribution >= 0.6 is 15.9 Å². The molecule has 0 radical (unpaired) electrons. The van der Waals surface area contributed by atoms with Crippen molar-refractivity contribution in [2.45, 2.75) is 38.1 Å². The minimum absolute atomic E-state index is 0.00201. The molecule has 0 heterocycles. The van der Waals surface area contributed by atoms with E-state index in [1.165, 1.54) is 25.7 Å². The molecule has 0 unspecified atom stereocenters. The van der Waals surface area contributed by atoms with Gasteiger partial charge in [0.1, 0.15) is 0 Å². The maximum absolute atomic E-state index is 11.9. The van der Waals surface area contributed by atoms with Crippen molar-refractivity contribution in [2.24, 2.45) is 0 Å². The van der Waals surface area contributed by atoms with Crippen molar-refractivity contribution < 1.29 is 4.79 Å². The topological polar surface area (TPSA) is 41.1 Å². The van der Waals surface area contributed by atoms with Gasteiger partial charge >= 0.3 is 0 Å². The van der Waals surface area contributed by atoms with Gasteiger partial charge in [-0.05, 0) is 44.0 Å². The fourth-order valence-electron chi connectivity index (χ4n) is 2.46. The zero-order valence-electron chi connectivity index (χ0n) is 11.1. The Morgan fingerprint density at radius 1 is 1.26 bits per heavy atom. The third-order valence-electron chi connectivity index (χ3n) is 3.51. The molecule has 1 aliphatic rings. The number of nitrogens with one attached hydrogen (secondary N) is 2. The standard InChI is InChI=1S/C15H21BrN2O/c16-13-6-3-5-12(11-13)15(19)18-10-4-9-17-14-7-1-2-8-14/h3,5-6,11,14,17H,1-2,4,7-10H2,(H,18,19). The van der Waals surface area contributed by atoms with Crippen molar-refractivity contribution in [1.82, 2.24) is 10.6 Å². The third-order valence-corrected chi connectivity index (χ3v) is 4.01. The van der Waals surface area contributed by atoms with Gasteiger partial charge in [-0.3, -0.25) is 4.79 Å².